The monoisotopic (exact) mass is 212 g/mol. The van der Waals surface area contributed by atoms with Gasteiger partial charge in [0.15, 0.2) is 22.2 Å². The van der Waals surface area contributed by atoms with E-state index >= 15 is 0 Å². The van der Waals surface area contributed by atoms with Gasteiger partial charge in [0.2, 0.25) is 0 Å². The Labute approximate surface area is 76.3 Å². The summed E-state index contributed by atoms with van der Waals surface area (Å²) in [6, 6.07) is 0. The van der Waals surface area contributed by atoms with Gasteiger partial charge in [0.25, 0.3) is 0 Å². The molecule has 0 aromatic carbocycles. The first-order valence-electron chi connectivity index (χ1n) is 3.80. The summed E-state index contributed by atoms with van der Waals surface area (Å²) >= 11 is -3.67. The zero-order valence-electron chi connectivity index (χ0n) is 6.51. The van der Waals surface area contributed by atoms with Crippen LogP contribution in [0.4, 0.5) is 0 Å². The zero-order valence-corrected chi connectivity index (χ0v) is 8.14. The first kappa shape index (κ1) is 10.3. The second-order valence-corrected chi connectivity index (χ2v) is 5.40. The largest absolute Gasteiger partial charge is 0.306 e. The van der Waals surface area contributed by atoms with Gasteiger partial charge in [-0.1, -0.05) is 6.42 Å². The van der Waals surface area contributed by atoms with E-state index in [1.165, 1.54) is 0 Å². The highest BCUT2D eigenvalue weighted by atomic mass is 32.2. The molecule has 0 heterocycles. The maximum absolute atomic E-state index is 10.7. The first-order valence-corrected chi connectivity index (χ1v) is 6.14. The van der Waals surface area contributed by atoms with Gasteiger partial charge in [-0.15, -0.1) is 0 Å². The van der Waals surface area contributed by atoms with Gasteiger partial charge in [0.05, 0.1) is 10.5 Å². The summed E-state index contributed by atoms with van der Waals surface area (Å²) in [5.41, 5.74) is 0. The van der Waals surface area contributed by atoms with Crippen LogP contribution in [0.15, 0.2) is 0 Å². The molecular formula is C6H12O4S2. The smallest absolute Gasteiger partial charge is 0.156 e. The fourth-order valence-electron chi connectivity index (χ4n) is 1.47. The molecular weight excluding hydrogens is 200 g/mol. The number of hydrogen-bond donors (Lipinski definition) is 2. The molecule has 72 valence electrons. The molecule has 0 aromatic rings. The fraction of sp³-hybridized carbons (Fsp3) is 1.00. The quantitative estimate of drug-likeness (QED) is 0.662. The third-order valence-electron chi connectivity index (χ3n) is 2.15. The van der Waals surface area contributed by atoms with E-state index in [9.17, 15) is 8.42 Å². The maximum atomic E-state index is 10.7. The van der Waals surface area contributed by atoms with Crippen LogP contribution in [0.1, 0.15) is 25.7 Å². The second-order valence-electron chi connectivity index (χ2n) is 2.96. The second kappa shape index (κ2) is 4.45. The van der Waals surface area contributed by atoms with Crippen molar-refractivity contribution >= 4 is 22.2 Å². The average molecular weight is 212 g/mol. The van der Waals surface area contributed by atoms with Gasteiger partial charge in [0.1, 0.15) is 0 Å². The molecule has 0 aromatic heterocycles. The minimum atomic E-state index is -1.83. The lowest BCUT2D eigenvalue weighted by atomic mass is 10.00. The molecule has 1 aliphatic rings. The average Bonchev–Trinajstić information content (AvgIpc) is 2.04. The van der Waals surface area contributed by atoms with Crippen molar-refractivity contribution in [3.8, 4) is 0 Å². The predicted molar refractivity (Wildman–Crippen MR) is 47.6 cm³/mol. The SMILES string of the molecule is O=S(O)C1CCCC(S(=O)O)C1. The van der Waals surface area contributed by atoms with E-state index in [0.29, 0.717) is 19.3 Å². The van der Waals surface area contributed by atoms with Crippen LogP contribution in [0.3, 0.4) is 0 Å². The summed E-state index contributed by atoms with van der Waals surface area (Å²) in [6.45, 7) is 0. The molecule has 12 heavy (non-hydrogen) atoms. The Bertz CT molecular complexity index is 186. The van der Waals surface area contributed by atoms with Crippen molar-refractivity contribution < 1.29 is 17.5 Å². The van der Waals surface area contributed by atoms with Crippen LogP contribution in [0.2, 0.25) is 0 Å². The Morgan fingerprint density at radius 2 is 1.42 bits per heavy atom. The third kappa shape index (κ3) is 2.62. The molecule has 0 aliphatic heterocycles. The van der Waals surface area contributed by atoms with E-state index < -0.39 is 22.2 Å². The van der Waals surface area contributed by atoms with E-state index in [4.69, 9.17) is 9.11 Å². The molecule has 1 saturated carbocycles. The van der Waals surface area contributed by atoms with Crippen molar-refractivity contribution in [3.63, 3.8) is 0 Å². The van der Waals surface area contributed by atoms with E-state index in [1.54, 1.807) is 0 Å². The van der Waals surface area contributed by atoms with E-state index in [2.05, 4.69) is 0 Å². The summed E-state index contributed by atoms with van der Waals surface area (Å²) in [5.74, 6) is 0. The van der Waals surface area contributed by atoms with E-state index in [0.717, 1.165) is 6.42 Å². The lowest BCUT2D eigenvalue weighted by molar-refractivity contribution is 0.454. The van der Waals surface area contributed by atoms with Gasteiger partial charge in [-0.3, -0.25) is 0 Å². The highest BCUT2D eigenvalue weighted by Crippen LogP contribution is 2.24. The molecule has 0 amide bonds. The van der Waals surface area contributed by atoms with Crippen molar-refractivity contribution in [3.05, 3.63) is 0 Å². The van der Waals surface area contributed by atoms with Crippen molar-refractivity contribution in [2.45, 2.75) is 36.2 Å². The summed E-state index contributed by atoms with van der Waals surface area (Å²) < 4.78 is 38.8. The molecule has 0 spiro atoms. The molecule has 4 atom stereocenters. The Morgan fingerprint density at radius 1 is 1.00 bits per heavy atom. The maximum Gasteiger partial charge on any atom is 0.156 e. The zero-order chi connectivity index (χ0) is 9.14. The summed E-state index contributed by atoms with van der Waals surface area (Å²) in [5, 5.41) is -0.611. The van der Waals surface area contributed by atoms with E-state index in [-0.39, 0.29) is 10.5 Å². The van der Waals surface area contributed by atoms with Crippen molar-refractivity contribution in [2.24, 2.45) is 0 Å². The van der Waals surface area contributed by atoms with Crippen molar-refractivity contribution in [2.75, 3.05) is 0 Å². The molecule has 1 fully saturated rings. The van der Waals surface area contributed by atoms with Gasteiger partial charge >= 0.3 is 0 Å². The third-order valence-corrected chi connectivity index (χ3v) is 4.15. The summed E-state index contributed by atoms with van der Waals surface area (Å²) in [4.78, 5) is 0. The molecule has 0 radical (unpaired) electrons. The molecule has 4 unspecified atom stereocenters. The van der Waals surface area contributed by atoms with Gasteiger partial charge in [-0.2, -0.15) is 0 Å². The topological polar surface area (TPSA) is 74.6 Å². The Balaban J connectivity index is 2.51. The van der Waals surface area contributed by atoms with Crippen LogP contribution in [0.25, 0.3) is 0 Å². The normalized spacial score (nSPS) is 35.8. The van der Waals surface area contributed by atoms with Gasteiger partial charge in [0, 0.05) is 0 Å². The summed E-state index contributed by atoms with van der Waals surface area (Å²) in [7, 11) is 0. The number of rotatable bonds is 2. The van der Waals surface area contributed by atoms with Crippen LogP contribution in [0, 0.1) is 0 Å². The molecule has 1 rings (SSSR count). The number of hydrogen-bond acceptors (Lipinski definition) is 2. The Hall–Kier alpha value is 0.220. The molecule has 6 heteroatoms. The molecule has 0 bridgehead atoms. The lowest BCUT2D eigenvalue weighted by Gasteiger charge is -2.23. The van der Waals surface area contributed by atoms with Crippen LogP contribution in [-0.2, 0) is 22.2 Å². The van der Waals surface area contributed by atoms with Crippen LogP contribution >= 0.6 is 0 Å². The van der Waals surface area contributed by atoms with Gasteiger partial charge in [-0.25, -0.2) is 8.42 Å². The highest BCUT2D eigenvalue weighted by Gasteiger charge is 2.28. The standard InChI is InChI=1S/C6H12O4S2/c7-11(8)5-2-1-3-6(4-5)12(9)10/h5-6H,1-4H2,(H,7,8)(H,9,10). The van der Waals surface area contributed by atoms with Crippen LogP contribution < -0.4 is 0 Å². The Kier molecular flexibility index (Phi) is 3.82. The lowest BCUT2D eigenvalue weighted by Crippen LogP contribution is -2.29. The molecule has 1 aliphatic carbocycles. The first-order chi connectivity index (χ1) is 5.61. The summed E-state index contributed by atoms with van der Waals surface area (Å²) in [6.07, 6.45) is 2.55. The van der Waals surface area contributed by atoms with E-state index in [1.807, 2.05) is 0 Å². The Morgan fingerprint density at radius 3 is 1.75 bits per heavy atom. The fourth-order valence-corrected chi connectivity index (χ4v) is 3.12. The highest BCUT2D eigenvalue weighted by molar-refractivity contribution is 7.80. The van der Waals surface area contributed by atoms with Gasteiger partial charge < -0.3 is 9.11 Å². The van der Waals surface area contributed by atoms with Crippen LogP contribution in [-0.4, -0.2) is 28.0 Å². The van der Waals surface area contributed by atoms with Crippen molar-refractivity contribution in [1.29, 1.82) is 0 Å². The minimum absolute atomic E-state index is 0.306. The minimum Gasteiger partial charge on any atom is -0.306 e. The molecule has 4 nitrogen and oxygen atoms in total. The molecule has 2 N–H and O–H groups in total. The van der Waals surface area contributed by atoms with Crippen LogP contribution in [0.5, 0.6) is 0 Å². The van der Waals surface area contributed by atoms with Gasteiger partial charge in [-0.05, 0) is 19.3 Å². The molecule has 0 saturated heterocycles. The predicted octanol–water partition coefficient (Wildman–Crippen LogP) is 0.741. The van der Waals surface area contributed by atoms with Crippen molar-refractivity contribution in [1.82, 2.24) is 0 Å².